The number of aromatic amines is 1. The molecule has 0 saturated heterocycles. The molecule has 107 heavy (non-hydrogen) atoms. The van der Waals surface area contributed by atoms with Crippen LogP contribution < -0.4 is 43.8 Å². The third kappa shape index (κ3) is 56.0. The molecule has 0 spiro atoms. The van der Waals surface area contributed by atoms with Crippen molar-refractivity contribution in [3.05, 3.63) is 47.9 Å². The smallest absolute Gasteiger partial charge is 0.246 e. The Hall–Kier alpha value is -6.99. The number of aryl methyl sites for hydroxylation is 1. The lowest BCUT2D eigenvalue weighted by molar-refractivity contribution is -0.132. The first-order chi connectivity index (χ1) is 51.7. The van der Waals surface area contributed by atoms with Crippen LogP contribution in [0.4, 0.5) is 0 Å². The van der Waals surface area contributed by atoms with Gasteiger partial charge in [-0.3, -0.25) is 48.2 Å². The number of likely N-dealkylation sites (N-methyl/N-ethyl adjacent to an activating group) is 2. The maximum Gasteiger partial charge on any atom is 0.246 e. The van der Waals surface area contributed by atoms with E-state index in [1.54, 1.807) is 31.1 Å². The Labute approximate surface area is 633 Å². The van der Waals surface area contributed by atoms with Gasteiger partial charge < -0.3 is 86.8 Å². The van der Waals surface area contributed by atoms with Gasteiger partial charge in [0.2, 0.25) is 23.6 Å². The van der Waals surface area contributed by atoms with Crippen molar-refractivity contribution in [1.29, 1.82) is 0 Å². The fourth-order valence-corrected chi connectivity index (χ4v) is 12.4. The molecule has 1 aromatic carbocycles. The number of sulfone groups is 1. The minimum Gasteiger partial charge on any atom is -0.508 e. The lowest BCUT2D eigenvalue weighted by Gasteiger charge is -2.29. The molecular formula is C73H128N14O19S. The van der Waals surface area contributed by atoms with Crippen molar-refractivity contribution >= 4 is 62.6 Å². The first kappa shape index (κ1) is 96.1. The number of nitrogens with zero attached hydrogens (tertiary/aromatic N) is 5. The minimum absolute atomic E-state index is 0.0286. The number of phenolic OH excluding ortho intramolecular Hbond substituents is 1. The van der Waals surface area contributed by atoms with Gasteiger partial charge in [0.25, 0.3) is 0 Å². The molecule has 610 valence electrons. The number of ether oxygens (including phenoxy) is 8. The van der Waals surface area contributed by atoms with Gasteiger partial charge in [0.1, 0.15) is 48.9 Å². The molecule has 0 radical (unpaired) electrons. The number of aliphatic imine (C=N–C) groups is 1. The van der Waals surface area contributed by atoms with E-state index in [9.17, 15) is 51.9 Å². The van der Waals surface area contributed by atoms with Crippen LogP contribution in [0.2, 0.25) is 0 Å². The van der Waals surface area contributed by atoms with E-state index in [2.05, 4.69) is 58.8 Å². The third-order valence-corrected chi connectivity index (χ3v) is 18.6. The molecule has 1 heterocycles. The zero-order valence-corrected chi connectivity index (χ0v) is 64.6. The summed E-state index contributed by atoms with van der Waals surface area (Å²) in [6.07, 6.45) is 20.5. The van der Waals surface area contributed by atoms with Gasteiger partial charge in [0.15, 0.2) is 33.2 Å². The lowest BCUT2D eigenvalue weighted by atomic mass is 10.0. The molecule has 0 aliphatic rings. The Morgan fingerprint density at radius 2 is 1.07 bits per heavy atom. The van der Waals surface area contributed by atoms with E-state index >= 15 is 0 Å². The maximum atomic E-state index is 13.6. The van der Waals surface area contributed by atoms with E-state index in [0.29, 0.717) is 122 Å². The van der Waals surface area contributed by atoms with Crippen molar-refractivity contribution < 1.29 is 89.8 Å². The summed E-state index contributed by atoms with van der Waals surface area (Å²) >= 11 is 0. The number of nitrogens with one attached hydrogen (secondary N) is 6. The first-order valence-electron chi connectivity index (χ1n) is 38.1. The Bertz CT molecular complexity index is 2880. The number of benzene rings is 1. The number of aromatic hydroxyl groups is 1. The number of guanidine groups is 1. The predicted molar refractivity (Wildman–Crippen MR) is 405 cm³/mol. The van der Waals surface area contributed by atoms with Crippen LogP contribution in [0.3, 0.4) is 0 Å². The van der Waals surface area contributed by atoms with E-state index in [1.165, 1.54) is 63.5 Å². The topological polar surface area (TPSA) is 473 Å². The minimum atomic E-state index is -3.54. The van der Waals surface area contributed by atoms with Crippen LogP contribution in [0.5, 0.6) is 5.75 Å². The van der Waals surface area contributed by atoms with E-state index in [1.807, 2.05) is 0 Å². The number of aromatic nitrogens is 4. The summed E-state index contributed by atoms with van der Waals surface area (Å²) in [7, 11) is -0.223. The van der Waals surface area contributed by atoms with Gasteiger partial charge in [-0.15, -0.1) is 10.2 Å². The molecule has 0 saturated carbocycles. The molecule has 0 aliphatic heterocycles. The number of tetrazole rings is 1. The summed E-state index contributed by atoms with van der Waals surface area (Å²) in [5.74, 6) is -2.23. The Kier molecular flexibility index (Phi) is 57.4. The zero-order valence-electron chi connectivity index (χ0n) is 63.8. The SMILES string of the molecule is C=C(COCCOCCCC(=O)CCCS(=O)(=O)CC(=O)CCCCCCCCCCCCCCCc1nn[nH]n1)NCCOCCOCC(=O)CCCOCCOCC(=O)NCCOCCOCC(=O)NCCCC[C@H](NC)C(=O)CN(C)[C@@H](CCCN=C(N)N)C(=O)N[C@@H](Cc1ccc(O)cc1)C(N)=O. The number of ketones is 4. The molecule has 4 amide bonds. The summed E-state index contributed by atoms with van der Waals surface area (Å²) < 4.78 is 68.9. The van der Waals surface area contributed by atoms with Gasteiger partial charge in [-0.25, -0.2) is 8.42 Å². The van der Waals surface area contributed by atoms with Crippen LogP contribution in [0.15, 0.2) is 41.5 Å². The Morgan fingerprint density at radius 3 is 1.64 bits per heavy atom. The molecule has 2 rings (SSSR count). The number of primary amides is 1. The van der Waals surface area contributed by atoms with Gasteiger partial charge in [0, 0.05) is 83.6 Å². The van der Waals surface area contributed by atoms with Crippen LogP contribution in [-0.2, 0) is 98.9 Å². The number of hydrogen-bond acceptors (Lipinski definition) is 26. The third-order valence-electron chi connectivity index (χ3n) is 16.9. The van der Waals surface area contributed by atoms with Crippen LogP contribution in [0.1, 0.15) is 172 Å². The van der Waals surface area contributed by atoms with Crippen molar-refractivity contribution in [1.82, 2.24) is 52.1 Å². The number of carbonyl (C=O) groups is 8. The lowest BCUT2D eigenvalue weighted by Crippen LogP contribution is -2.54. The number of Topliss-reactive ketones (excluding diaryl/α,β-unsaturated/α-hetero) is 4. The van der Waals surface area contributed by atoms with E-state index < -0.39 is 45.5 Å². The standard InChI is InChI=1S/C73H128N14O19S/c1-58(53-103-46-42-99-38-20-24-60(88)26-22-50-107(97,98)57-63(91)23-15-13-11-9-7-5-4-6-8-10-12-14-16-29-68-83-85-86-84-68)78-36-40-101-44-47-104-54-62(90)25-21-39-100-43-48-105-56-70(94)80-37-41-102-45-49-106-55-69(93)79-34-18-17-27-64(77-2)67(92)52-87(3)66(28-19-35-81-73(75)76)72(96)82-65(71(74)95)51-59-30-32-61(89)33-31-59/h30-33,64-66,77-78,89H,1,4-29,34-57H2,2-3H3,(H2,74,95)(H,79,93)(H,80,94)(H,82,96)(H4,75,76,81)(H,83,84,85,86)/t64-,65-,66-/m0/s1. The molecular weight excluding hydrogens is 1410 g/mol. The van der Waals surface area contributed by atoms with Gasteiger partial charge in [-0.05, 0) is 96.0 Å². The molecule has 0 unspecified atom stereocenters. The predicted octanol–water partition coefficient (Wildman–Crippen LogP) is 2.73. The van der Waals surface area contributed by atoms with Crippen molar-refractivity contribution in [3.8, 4) is 5.75 Å². The van der Waals surface area contributed by atoms with Gasteiger partial charge in [0.05, 0.1) is 97.1 Å². The number of rotatable bonds is 76. The quantitative estimate of drug-likeness (QED) is 0.0258. The van der Waals surface area contributed by atoms with Crippen LogP contribution in [0, 0.1) is 0 Å². The van der Waals surface area contributed by atoms with Gasteiger partial charge >= 0.3 is 0 Å². The molecule has 0 aliphatic carbocycles. The number of unbranched alkanes of at least 4 members (excludes halogenated alkanes) is 13. The van der Waals surface area contributed by atoms with Gasteiger partial charge in [-0.1, -0.05) is 94.6 Å². The Morgan fingerprint density at radius 1 is 0.561 bits per heavy atom. The highest BCUT2D eigenvalue weighted by molar-refractivity contribution is 7.92. The molecule has 0 bridgehead atoms. The van der Waals surface area contributed by atoms with Crippen LogP contribution >= 0.6 is 0 Å². The molecule has 13 N–H and O–H groups in total. The highest BCUT2D eigenvalue weighted by Gasteiger charge is 2.30. The maximum absolute atomic E-state index is 13.6. The summed E-state index contributed by atoms with van der Waals surface area (Å²) in [6.45, 7) is 8.57. The fourth-order valence-electron chi connectivity index (χ4n) is 11.0. The van der Waals surface area contributed by atoms with E-state index in [4.69, 9.17) is 55.1 Å². The first-order valence-corrected chi connectivity index (χ1v) is 39.9. The summed E-state index contributed by atoms with van der Waals surface area (Å²) in [6, 6.07) is 3.79. The van der Waals surface area contributed by atoms with Gasteiger partial charge in [-0.2, -0.15) is 5.21 Å². The average Bonchev–Trinajstić information content (AvgIpc) is 1.55. The normalized spacial score (nSPS) is 12.3. The molecule has 34 heteroatoms. The Balaban J connectivity index is 1.33. The summed E-state index contributed by atoms with van der Waals surface area (Å²) in [4.78, 5) is 106. The van der Waals surface area contributed by atoms with E-state index in [-0.39, 0.29) is 170 Å². The number of amides is 4. The monoisotopic (exact) mass is 1540 g/mol. The second-order valence-electron chi connectivity index (χ2n) is 26.4. The summed E-state index contributed by atoms with van der Waals surface area (Å²) in [5.41, 5.74) is 17.9. The van der Waals surface area contributed by atoms with Crippen molar-refractivity contribution in [2.24, 2.45) is 22.2 Å². The number of H-pyrrole nitrogens is 1. The molecule has 33 nitrogen and oxygen atoms in total. The summed E-state index contributed by atoms with van der Waals surface area (Å²) in [5, 5.41) is 38.0. The van der Waals surface area contributed by atoms with Crippen molar-refractivity contribution in [3.63, 3.8) is 0 Å². The fraction of sp³-hybridized carbons (Fsp3) is 0.753. The number of hydrogen-bond donors (Lipinski definition) is 10. The molecule has 1 aromatic heterocycles. The second-order valence-corrected chi connectivity index (χ2v) is 28.5. The number of phenols is 1. The second kappa shape index (κ2) is 63.9. The van der Waals surface area contributed by atoms with Crippen molar-refractivity contribution in [2.75, 3.05) is 164 Å². The largest absolute Gasteiger partial charge is 0.508 e. The highest BCUT2D eigenvalue weighted by atomic mass is 32.2. The molecule has 2 aromatic rings. The van der Waals surface area contributed by atoms with Crippen LogP contribution in [0.25, 0.3) is 0 Å². The average molecular weight is 1540 g/mol. The van der Waals surface area contributed by atoms with Crippen molar-refractivity contribution in [2.45, 2.75) is 191 Å². The van der Waals surface area contributed by atoms with Crippen LogP contribution in [-0.4, -0.2) is 274 Å². The molecule has 0 fully saturated rings. The zero-order chi connectivity index (χ0) is 78.2. The highest BCUT2D eigenvalue weighted by Crippen LogP contribution is 2.17. The van der Waals surface area contributed by atoms with E-state index in [0.717, 1.165) is 37.9 Å². The molecule has 3 atom stereocenters. The number of nitrogens with two attached hydrogens (primary N) is 3. The number of carbonyl (C=O) groups excluding carboxylic acids is 8.